The Kier molecular flexibility index (Phi) is 5.49. The number of benzene rings is 1. The van der Waals surface area contributed by atoms with Crippen LogP contribution in [0.15, 0.2) is 35.9 Å². The average molecular weight is 227 g/mol. The van der Waals surface area contributed by atoms with E-state index in [1.165, 1.54) is 19.3 Å². The van der Waals surface area contributed by atoms with Gasteiger partial charge in [-0.15, -0.1) is 0 Å². The number of allylic oxidation sites excluding steroid dienone is 2. The molecule has 0 spiro atoms. The van der Waals surface area contributed by atoms with E-state index in [4.69, 9.17) is 5.26 Å². The predicted octanol–water partition coefficient (Wildman–Crippen LogP) is 4.62. The zero-order chi connectivity index (χ0) is 12.7. The Morgan fingerprint density at radius 1 is 1.29 bits per heavy atom. The Balaban J connectivity index is 0.000000171. The summed E-state index contributed by atoms with van der Waals surface area (Å²) >= 11 is 0. The molecule has 0 radical (unpaired) electrons. The molecule has 1 heteroatoms. The fourth-order valence-corrected chi connectivity index (χ4v) is 1.93. The molecule has 1 aromatic carbocycles. The lowest BCUT2D eigenvalue weighted by atomic mass is 10.0. The van der Waals surface area contributed by atoms with Gasteiger partial charge in [0.15, 0.2) is 0 Å². The Labute approximate surface area is 105 Å². The zero-order valence-corrected chi connectivity index (χ0v) is 11.0. The zero-order valence-electron chi connectivity index (χ0n) is 11.0. The Morgan fingerprint density at radius 2 is 2.06 bits per heavy atom. The first-order valence-corrected chi connectivity index (χ1v) is 6.29. The largest absolute Gasteiger partial charge is 0.192 e. The van der Waals surface area contributed by atoms with Crippen molar-refractivity contribution in [2.75, 3.05) is 0 Å². The van der Waals surface area contributed by atoms with E-state index >= 15 is 0 Å². The van der Waals surface area contributed by atoms with Gasteiger partial charge in [-0.2, -0.15) is 5.26 Å². The number of nitriles is 1. The molecule has 0 amide bonds. The van der Waals surface area contributed by atoms with Gasteiger partial charge in [-0.3, -0.25) is 0 Å². The summed E-state index contributed by atoms with van der Waals surface area (Å²) in [5.74, 6) is 0.803. The van der Waals surface area contributed by atoms with Crippen molar-refractivity contribution in [2.45, 2.75) is 40.0 Å². The minimum atomic E-state index is 0.731. The maximum absolute atomic E-state index is 8.41. The van der Waals surface area contributed by atoms with Crippen LogP contribution in [-0.4, -0.2) is 0 Å². The normalized spacial score (nSPS) is 13.7. The first-order chi connectivity index (χ1) is 8.13. The molecule has 1 aliphatic carbocycles. The lowest BCUT2D eigenvalue weighted by molar-refractivity contribution is 0.726. The van der Waals surface area contributed by atoms with Crippen molar-refractivity contribution in [2.24, 2.45) is 5.92 Å². The third-order valence-electron chi connectivity index (χ3n) is 2.96. The fraction of sp³-hybridized carbons (Fsp3) is 0.438. The number of aryl methyl sites for hydroxylation is 1. The van der Waals surface area contributed by atoms with Crippen molar-refractivity contribution in [3.63, 3.8) is 0 Å². The van der Waals surface area contributed by atoms with Crippen LogP contribution in [0.4, 0.5) is 0 Å². The smallest absolute Gasteiger partial charge is 0.0991 e. The molecule has 17 heavy (non-hydrogen) atoms. The monoisotopic (exact) mass is 227 g/mol. The maximum atomic E-state index is 8.41. The molecule has 0 N–H and O–H groups in total. The molecule has 0 heterocycles. The van der Waals surface area contributed by atoms with Gasteiger partial charge in [0, 0.05) is 0 Å². The van der Waals surface area contributed by atoms with Gasteiger partial charge in [-0.05, 0) is 49.8 Å². The van der Waals surface area contributed by atoms with Gasteiger partial charge in [0.25, 0.3) is 0 Å². The second-order valence-corrected chi connectivity index (χ2v) is 4.81. The molecule has 0 fully saturated rings. The molecule has 1 aromatic rings. The predicted molar refractivity (Wildman–Crippen MR) is 72.7 cm³/mol. The second kappa shape index (κ2) is 6.91. The van der Waals surface area contributed by atoms with Crippen LogP contribution < -0.4 is 0 Å². The van der Waals surface area contributed by atoms with Gasteiger partial charge in [-0.25, -0.2) is 0 Å². The summed E-state index contributed by atoms with van der Waals surface area (Å²) in [5.41, 5.74) is 3.54. The molecule has 0 atom stereocenters. The molecule has 1 aliphatic rings. The van der Waals surface area contributed by atoms with E-state index in [0.717, 1.165) is 17.0 Å². The maximum Gasteiger partial charge on any atom is 0.0991 e. The van der Waals surface area contributed by atoms with Crippen LogP contribution in [0.1, 0.15) is 44.2 Å². The van der Waals surface area contributed by atoms with E-state index in [0.29, 0.717) is 0 Å². The first kappa shape index (κ1) is 13.5. The van der Waals surface area contributed by atoms with Crippen LogP contribution in [-0.2, 0) is 0 Å². The van der Waals surface area contributed by atoms with Gasteiger partial charge >= 0.3 is 0 Å². The van der Waals surface area contributed by atoms with E-state index in [1.54, 1.807) is 11.6 Å². The van der Waals surface area contributed by atoms with Gasteiger partial charge in [0.2, 0.25) is 0 Å². The molecular weight excluding hydrogens is 206 g/mol. The molecule has 0 aromatic heterocycles. The molecule has 0 saturated heterocycles. The minimum absolute atomic E-state index is 0.731. The lowest BCUT2D eigenvalue weighted by Gasteiger charge is -2.02. The van der Waals surface area contributed by atoms with Crippen molar-refractivity contribution >= 4 is 0 Å². The number of hydrogen-bond donors (Lipinski definition) is 0. The van der Waals surface area contributed by atoms with Crippen molar-refractivity contribution < 1.29 is 0 Å². The summed E-state index contributed by atoms with van der Waals surface area (Å²) in [4.78, 5) is 0. The first-order valence-electron chi connectivity index (χ1n) is 6.29. The Morgan fingerprint density at radius 3 is 2.41 bits per heavy atom. The van der Waals surface area contributed by atoms with Crippen LogP contribution in [0.3, 0.4) is 0 Å². The summed E-state index contributed by atoms with van der Waals surface area (Å²) in [5, 5.41) is 8.41. The van der Waals surface area contributed by atoms with Crippen LogP contribution >= 0.6 is 0 Å². The molecular formula is C16H21N. The van der Waals surface area contributed by atoms with E-state index < -0.39 is 0 Å². The van der Waals surface area contributed by atoms with E-state index in [-0.39, 0.29) is 0 Å². The van der Waals surface area contributed by atoms with Crippen molar-refractivity contribution in [3.8, 4) is 6.07 Å². The van der Waals surface area contributed by atoms with Gasteiger partial charge in [0.05, 0.1) is 11.6 Å². The topological polar surface area (TPSA) is 23.8 Å². The average Bonchev–Trinajstić information content (AvgIpc) is 2.83. The van der Waals surface area contributed by atoms with Crippen LogP contribution in [0, 0.1) is 24.2 Å². The summed E-state index contributed by atoms with van der Waals surface area (Å²) < 4.78 is 0. The van der Waals surface area contributed by atoms with E-state index in [1.807, 2.05) is 25.1 Å². The molecule has 0 saturated carbocycles. The summed E-state index contributed by atoms with van der Waals surface area (Å²) in [6, 6.07) is 9.58. The van der Waals surface area contributed by atoms with Gasteiger partial charge in [0.1, 0.15) is 0 Å². The Bertz CT molecular complexity index is 421. The van der Waals surface area contributed by atoms with Crippen LogP contribution in [0.5, 0.6) is 0 Å². The summed E-state index contributed by atoms with van der Waals surface area (Å²) in [6.07, 6.45) is 6.48. The number of hydrogen-bond acceptors (Lipinski definition) is 1. The van der Waals surface area contributed by atoms with Crippen LogP contribution in [0.2, 0.25) is 0 Å². The number of nitrogens with zero attached hydrogens (tertiary/aromatic N) is 1. The third-order valence-corrected chi connectivity index (χ3v) is 2.96. The molecule has 1 nitrogen and oxygen atoms in total. The summed E-state index contributed by atoms with van der Waals surface area (Å²) in [6.45, 7) is 6.52. The highest BCUT2D eigenvalue weighted by Gasteiger charge is 2.06. The molecule has 0 unspecified atom stereocenters. The SMILES string of the molecule is CC(C)C1=CCCC1.Cc1cccc(C#N)c1. The van der Waals surface area contributed by atoms with Crippen molar-refractivity contribution in [1.29, 1.82) is 5.26 Å². The van der Waals surface area contributed by atoms with Gasteiger partial charge in [-0.1, -0.05) is 37.6 Å². The van der Waals surface area contributed by atoms with E-state index in [2.05, 4.69) is 26.0 Å². The van der Waals surface area contributed by atoms with E-state index in [9.17, 15) is 0 Å². The van der Waals surface area contributed by atoms with Crippen LogP contribution in [0.25, 0.3) is 0 Å². The highest BCUT2D eigenvalue weighted by molar-refractivity contribution is 5.31. The minimum Gasteiger partial charge on any atom is -0.192 e. The highest BCUT2D eigenvalue weighted by atomic mass is 14.2. The lowest BCUT2D eigenvalue weighted by Crippen LogP contribution is -1.87. The Hall–Kier alpha value is -1.55. The fourth-order valence-electron chi connectivity index (χ4n) is 1.93. The van der Waals surface area contributed by atoms with Crippen molar-refractivity contribution in [1.82, 2.24) is 0 Å². The number of rotatable bonds is 1. The molecule has 0 aliphatic heterocycles. The second-order valence-electron chi connectivity index (χ2n) is 4.81. The molecule has 90 valence electrons. The standard InChI is InChI=1S/C8H7N.C8H14/c1-7-3-2-4-8(5-7)6-9;1-7(2)8-5-3-4-6-8/h2-5H,1H3;5,7H,3-4,6H2,1-2H3. The van der Waals surface area contributed by atoms with Crippen molar-refractivity contribution in [3.05, 3.63) is 47.0 Å². The highest BCUT2D eigenvalue weighted by Crippen LogP contribution is 2.23. The summed E-state index contributed by atoms with van der Waals surface area (Å²) in [7, 11) is 0. The quantitative estimate of drug-likeness (QED) is 0.642. The molecule has 0 bridgehead atoms. The van der Waals surface area contributed by atoms with Gasteiger partial charge < -0.3 is 0 Å². The molecule has 2 rings (SSSR count). The third kappa shape index (κ3) is 4.87.